The standard InChI is InChI=1S/C33H39F3N6O/c1-39-19-13-29(14-20-39)41-21-15-30(16-22-41)42(32(43)10-6-25-5-9-31(38-23-25)33(34,35)36)24-26-3-7-27(8-4-26)40(2)28-11-17-37-18-12-28/h3-12,17-18,23,29-30H,13-16,19-22,24H2,1-2H3/b10-6+. The molecule has 0 spiro atoms. The summed E-state index contributed by atoms with van der Waals surface area (Å²) in [6.07, 6.45) is 7.29. The Hall–Kier alpha value is -3.76. The van der Waals surface area contributed by atoms with Gasteiger partial charge in [-0.2, -0.15) is 13.2 Å². The van der Waals surface area contributed by atoms with E-state index in [2.05, 4.69) is 31.7 Å². The molecule has 0 atom stereocenters. The highest BCUT2D eigenvalue weighted by Crippen LogP contribution is 2.28. The number of carbonyl (C=O) groups excluding carboxylic acids is 1. The lowest BCUT2D eigenvalue weighted by molar-refractivity contribution is -0.141. The molecule has 0 saturated carbocycles. The van der Waals surface area contributed by atoms with E-state index in [-0.39, 0.29) is 11.9 Å². The smallest absolute Gasteiger partial charge is 0.345 e. The van der Waals surface area contributed by atoms with E-state index in [0.717, 1.165) is 68.2 Å². The Bertz CT molecular complexity index is 1350. The van der Waals surface area contributed by atoms with E-state index >= 15 is 0 Å². The van der Waals surface area contributed by atoms with Gasteiger partial charge < -0.3 is 19.6 Å². The maximum Gasteiger partial charge on any atom is 0.433 e. The molecule has 2 aliphatic heterocycles. The molecule has 2 aromatic heterocycles. The summed E-state index contributed by atoms with van der Waals surface area (Å²) in [5.41, 5.74) is 2.56. The van der Waals surface area contributed by atoms with Crippen LogP contribution in [0.4, 0.5) is 24.5 Å². The minimum Gasteiger partial charge on any atom is -0.345 e. The zero-order valence-electron chi connectivity index (χ0n) is 24.7. The maximum atomic E-state index is 13.6. The summed E-state index contributed by atoms with van der Waals surface area (Å²) >= 11 is 0. The molecule has 4 heterocycles. The van der Waals surface area contributed by atoms with Crippen molar-refractivity contribution in [1.29, 1.82) is 0 Å². The molecule has 0 aliphatic carbocycles. The molecule has 5 rings (SSSR count). The number of aromatic nitrogens is 2. The van der Waals surface area contributed by atoms with Crippen molar-refractivity contribution in [2.75, 3.05) is 45.2 Å². The Balaban J connectivity index is 1.29. The van der Waals surface area contributed by atoms with Gasteiger partial charge in [-0.3, -0.25) is 14.8 Å². The summed E-state index contributed by atoms with van der Waals surface area (Å²) in [4.78, 5) is 30.2. The van der Waals surface area contributed by atoms with Gasteiger partial charge in [0.05, 0.1) is 0 Å². The molecule has 1 amide bonds. The second-order valence-electron chi connectivity index (χ2n) is 11.5. The van der Waals surface area contributed by atoms with Crippen molar-refractivity contribution < 1.29 is 18.0 Å². The van der Waals surface area contributed by atoms with Gasteiger partial charge in [-0.15, -0.1) is 0 Å². The highest BCUT2D eigenvalue weighted by Gasteiger charge is 2.33. The third kappa shape index (κ3) is 8.00. The number of hydrogen-bond donors (Lipinski definition) is 0. The minimum absolute atomic E-state index is 0.0737. The molecule has 3 aromatic rings. The SMILES string of the molecule is CN1CCC(N2CCC(N(Cc3ccc(N(C)c4ccncc4)cc3)C(=O)/C=C/c3ccc(C(F)(F)F)nc3)CC2)CC1. The second-order valence-corrected chi connectivity index (χ2v) is 11.5. The van der Waals surface area contributed by atoms with Crippen molar-refractivity contribution in [1.82, 2.24) is 24.7 Å². The van der Waals surface area contributed by atoms with Crippen LogP contribution in [0.15, 0.2) is 73.2 Å². The van der Waals surface area contributed by atoms with Crippen LogP contribution < -0.4 is 4.90 Å². The van der Waals surface area contributed by atoms with Crippen LogP contribution in [-0.4, -0.2) is 82.9 Å². The second kappa shape index (κ2) is 13.7. The van der Waals surface area contributed by atoms with Gasteiger partial charge in [0.15, 0.2) is 0 Å². The Kier molecular flexibility index (Phi) is 9.77. The number of likely N-dealkylation sites (tertiary alicyclic amines) is 2. The van der Waals surface area contributed by atoms with E-state index in [9.17, 15) is 18.0 Å². The van der Waals surface area contributed by atoms with Gasteiger partial charge in [-0.1, -0.05) is 18.2 Å². The largest absolute Gasteiger partial charge is 0.433 e. The highest BCUT2D eigenvalue weighted by molar-refractivity contribution is 5.92. The van der Waals surface area contributed by atoms with E-state index in [0.29, 0.717) is 18.2 Å². The van der Waals surface area contributed by atoms with Crippen molar-refractivity contribution in [3.8, 4) is 0 Å². The number of carbonyl (C=O) groups is 1. The summed E-state index contributed by atoms with van der Waals surface area (Å²) in [5, 5.41) is 0. The maximum absolute atomic E-state index is 13.6. The summed E-state index contributed by atoms with van der Waals surface area (Å²) in [6.45, 7) is 4.58. The number of rotatable bonds is 8. The number of nitrogens with zero attached hydrogens (tertiary/aromatic N) is 6. The van der Waals surface area contributed by atoms with Gasteiger partial charge in [0, 0.05) is 74.8 Å². The molecule has 0 N–H and O–H groups in total. The van der Waals surface area contributed by atoms with Crippen molar-refractivity contribution in [3.05, 3.63) is 90.0 Å². The van der Waals surface area contributed by atoms with Gasteiger partial charge in [-0.25, -0.2) is 0 Å². The lowest BCUT2D eigenvalue weighted by atomic mass is 9.96. The number of alkyl halides is 3. The van der Waals surface area contributed by atoms with Crippen LogP contribution in [0.3, 0.4) is 0 Å². The predicted octanol–water partition coefficient (Wildman–Crippen LogP) is 5.86. The molecule has 0 bridgehead atoms. The fourth-order valence-corrected chi connectivity index (χ4v) is 5.98. The molecule has 2 saturated heterocycles. The van der Waals surface area contributed by atoms with Gasteiger partial charge in [0.25, 0.3) is 0 Å². The van der Waals surface area contributed by atoms with E-state index in [1.54, 1.807) is 18.5 Å². The number of pyridine rings is 2. The number of amides is 1. The molecule has 7 nitrogen and oxygen atoms in total. The molecule has 2 fully saturated rings. The number of halogens is 3. The fourth-order valence-electron chi connectivity index (χ4n) is 5.98. The van der Waals surface area contributed by atoms with Gasteiger partial charge in [-0.05, 0) is 93.4 Å². The van der Waals surface area contributed by atoms with Crippen LogP contribution in [0, 0.1) is 0 Å². The van der Waals surface area contributed by atoms with Gasteiger partial charge >= 0.3 is 6.18 Å². The van der Waals surface area contributed by atoms with Gasteiger partial charge in [0.2, 0.25) is 5.91 Å². The third-order valence-corrected chi connectivity index (χ3v) is 8.65. The minimum atomic E-state index is -4.50. The zero-order valence-corrected chi connectivity index (χ0v) is 24.7. The van der Waals surface area contributed by atoms with Crippen molar-refractivity contribution in [2.45, 2.75) is 50.5 Å². The van der Waals surface area contributed by atoms with E-state index in [4.69, 9.17) is 0 Å². The Morgan fingerprint density at radius 1 is 0.930 bits per heavy atom. The molecule has 0 radical (unpaired) electrons. The molecular weight excluding hydrogens is 553 g/mol. The van der Waals surface area contributed by atoms with Crippen LogP contribution in [0.5, 0.6) is 0 Å². The molecule has 43 heavy (non-hydrogen) atoms. The van der Waals surface area contributed by atoms with Crippen LogP contribution in [0.2, 0.25) is 0 Å². The average Bonchev–Trinajstić information content (AvgIpc) is 3.03. The monoisotopic (exact) mass is 592 g/mol. The molecule has 10 heteroatoms. The first-order valence-electron chi connectivity index (χ1n) is 14.8. The molecular formula is C33H39F3N6O. The summed E-state index contributed by atoms with van der Waals surface area (Å²) in [5.74, 6) is -0.157. The molecule has 1 aromatic carbocycles. The lowest BCUT2D eigenvalue weighted by Gasteiger charge is -2.43. The van der Waals surface area contributed by atoms with Crippen molar-refractivity contribution in [2.24, 2.45) is 0 Å². The first-order valence-corrected chi connectivity index (χ1v) is 14.8. The summed E-state index contributed by atoms with van der Waals surface area (Å²) in [6, 6.07) is 15.0. The number of piperidine rings is 2. The summed E-state index contributed by atoms with van der Waals surface area (Å²) in [7, 11) is 4.17. The average molecular weight is 593 g/mol. The van der Waals surface area contributed by atoms with Crippen molar-refractivity contribution in [3.63, 3.8) is 0 Å². The van der Waals surface area contributed by atoms with Crippen LogP contribution in [0.25, 0.3) is 6.08 Å². The first kappa shape index (κ1) is 30.7. The first-order chi connectivity index (χ1) is 20.7. The van der Waals surface area contributed by atoms with Crippen LogP contribution >= 0.6 is 0 Å². The topological polar surface area (TPSA) is 55.8 Å². The lowest BCUT2D eigenvalue weighted by Crippen LogP contribution is -2.51. The predicted molar refractivity (Wildman–Crippen MR) is 163 cm³/mol. The molecule has 0 unspecified atom stereocenters. The van der Waals surface area contributed by atoms with E-state index in [1.807, 2.05) is 48.3 Å². The third-order valence-electron chi connectivity index (χ3n) is 8.65. The number of benzene rings is 1. The fraction of sp³-hybridized carbons (Fsp3) is 0.424. The summed E-state index contributed by atoms with van der Waals surface area (Å²) < 4.78 is 38.8. The highest BCUT2D eigenvalue weighted by atomic mass is 19.4. The van der Waals surface area contributed by atoms with E-state index < -0.39 is 11.9 Å². The Labute approximate surface area is 251 Å². The Morgan fingerprint density at radius 2 is 1.58 bits per heavy atom. The zero-order chi connectivity index (χ0) is 30.4. The van der Waals surface area contributed by atoms with Crippen LogP contribution in [-0.2, 0) is 17.5 Å². The van der Waals surface area contributed by atoms with E-state index in [1.165, 1.54) is 25.0 Å². The molecule has 2 aliphatic rings. The number of hydrogen-bond acceptors (Lipinski definition) is 6. The normalized spacial score (nSPS) is 17.8. The van der Waals surface area contributed by atoms with Crippen molar-refractivity contribution >= 4 is 23.4 Å². The van der Waals surface area contributed by atoms with Crippen LogP contribution in [0.1, 0.15) is 42.5 Å². The quantitative estimate of drug-likeness (QED) is 0.306. The molecule has 228 valence electrons. The number of anilines is 2. The van der Waals surface area contributed by atoms with Gasteiger partial charge in [0.1, 0.15) is 5.69 Å². The Morgan fingerprint density at radius 3 is 2.19 bits per heavy atom.